The van der Waals surface area contributed by atoms with Gasteiger partial charge in [-0.05, 0) is 31.4 Å². The molecular formula is C15H17N3O3. The van der Waals surface area contributed by atoms with E-state index >= 15 is 0 Å². The van der Waals surface area contributed by atoms with E-state index in [0.29, 0.717) is 22.7 Å². The molecule has 21 heavy (non-hydrogen) atoms. The molecule has 2 aliphatic heterocycles. The number of amides is 1. The van der Waals surface area contributed by atoms with Gasteiger partial charge < -0.3 is 19.8 Å². The average molecular weight is 287 g/mol. The van der Waals surface area contributed by atoms with Crippen LogP contribution in [0.1, 0.15) is 29.6 Å². The van der Waals surface area contributed by atoms with Gasteiger partial charge in [-0.15, -0.1) is 0 Å². The van der Waals surface area contributed by atoms with Crippen LogP contribution in [0.5, 0.6) is 0 Å². The van der Waals surface area contributed by atoms with Gasteiger partial charge >= 0.3 is 0 Å². The number of benzene rings is 1. The zero-order valence-electron chi connectivity index (χ0n) is 11.7. The van der Waals surface area contributed by atoms with Crippen molar-refractivity contribution in [2.75, 3.05) is 24.6 Å². The minimum atomic E-state index is -0.490. The minimum absolute atomic E-state index is 0.0224. The SMILES string of the molecule is NC(=O)c1cccc2oc(N3CC4(CCCCO4)C3)nc12. The second kappa shape index (κ2) is 4.46. The Morgan fingerprint density at radius 3 is 2.90 bits per heavy atom. The monoisotopic (exact) mass is 287 g/mol. The van der Waals surface area contributed by atoms with E-state index in [-0.39, 0.29) is 5.60 Å². The summed E-state index contributed by atoms with van der Waals surface area (Å²) >= 11 is 0. The van der Waals surface area contributed by atoms with E-state index in [1.807, 2.05) is 0 Å². The summed E-state index contributed by atoms with van der Waals surface area (Å²) in [6.07, 6.45) is 3.45. The minimum Gasteiger partial charge on any atom is -0.423 e. The van der Waals surface area contributed by atoms with Gasteiger partial charge in [0.15, 0.2) is 5.58 Å². The molecule has 0 unspecified atom stereocenters. The highest BCUT2D eigenvalue weighted by atomic mass is 16.5. The van der Waals surface area contributed by atoms with Crippen LogP contribution in [0.25, 0.3) is 11.1 Å². The third-order valence-electron chi connectivity index (χ3n) is 4.34. The standard InChI is InChI=1S/C15H17N3O3/c16-13(19)10-4-3-5-11-12(10)17-14(21-11)18-8-15(9-18)6-1-2-7-20-15/h3-5H,1-2,6-9H2,(H2,16,19). The quantitative estimate of drug-likeness (QED) is 0.909. The fraction of sp³-hybridized carbons (Fsp3) is 0.467. The zero-order valence-corrected chi connectivity index (χ0v) is 11.7. The van der Waals surface area contributed by atoms with Gasteiger partial charge in [0.2, 0.25) is 0 Å². The number of oxazole rings is 1. The Labute approximate surface area is 121 Å². The lowest BCUT2D eigenvalue weighted by molar-refractivity contribution is -0.0962. The van der Waals surface area contributed by atoms with Gasteiger partial charge in [0.1, 0.15) is 11.1 Å². The molecule has 3 heterocycles. The summed E-state index contributed by atoms with van der Waals surface area (Å²) in [5, 5.41) is 0. The Hall–Kier alpha value is -2.08. The van der Waals surface area contributed by atoms with Crippen molar-refractivity contribution >= 4 is 23.0 Å². The number of carbonyl (C=O) groups excluding carboxylic acids is 1. The number of fused-ring (bicyclic) bond motifs is 1. The number of carbonyl (C=O) groups is 1. The van der Waals surface area contributed by atoms with Crippen LogP contribution < -0.4 is 10.6 Å². The van der Waals surface area contributed by atoms with E-state index in [0.717, 1.165) is 32.5 Å². The van der Waals surface area contributed by atoms with Gasteiger partial charge in [0.25, 0.3) is 11.9 Å². The van der Waals surface area contributed by atoms with E-state index in [2.05, 4.69) is 9.88 Å². The van der Waals surface area contributed by atoms with Gasteiger partial charge in [0, 0.05) is 6.61 Å². The predicted molar refractivity (Wildman–Crippen MR) is 77.3 cm³/mol. The molecule has 4 rings (SSSR count). The molecule has 1 aromatic carbocycles. The molecule has 0 saturated carbocycles. The molecule has 110 valence electrons. The normalized spacial score (nSPS) is 20.7. The molecule has 2 aliphatic rings. The summed E-state index contributed by atoms with van der Waals surface area (Å²) < 4.78 is 11.7. The Bertz CT molecular complexity index is 695. The summed E-state index contributed by atoms with van der Waals surface area (Å²) in [5.41, 5.74) is 6.86. The number of anilines is 1. The molecule has 2 aromatic rings. The molecule has 1 aromatic heterocycles. The highest BCUT2D eigenvalue weighted by Crippen LogP contribution is 2.37. The van der Waals surface area contributed by atoms with Gasteiger partial charge in [0.05, 0.1) is 18.7 Å². The molecule has 2 saturated heterocycles. The number of nitrogens with zero attached hydrogens (tertiary/aromatic N) is 2. The smallest absolute Gasteiger partial charge is 0.298 e. The molecule has 2 N–H and O–H groups in total. The molecular weight excluding hydrogens is 270 g/mol. The Morgan fingerprint density at radius 2 is 2.19 bits per heavy atom. The summed E-state index contributed by atoms with van der Waals surface area (Å²) in [6, 6.07) is 5.75. The number of hydrogen-bond acceptors (Lipinski definition) is 5. The molecule has 0 bridgehead atoms. The molecule has 6 heteroatoms. The van der Waals surface area contributed by atoms with Crippen molar-refractivity contribution in [3.05, 3.63) is 23.8 Å². The lowest BCUT2D eigenvalue weighted by Gasteiger charge is -2.50. The van der Waals surface area contributed by atoms with Crippen LogP contribution in [0, 0.1) is 0 Å². The van der Waals surface area contributed by atoms with Gasteiger partial charge in [-0.1, -0.05) is 6.07 Å². The topological polar surface area (TPSA) is 81.6 Å². The number of hydrogen-bond donors (Lipinski definition) is 1. The van der Waals surface area contributed by atoms with Crippen molar-refractivity contribution < 1.29 is 13.9 Å². The Balaban J connectivity index is 1.61. The van der Waals surface area contributed by atoms with Crippen LogP contribution in [-0.4, -0.2) is 36.2 Å². The second-order valence-corrected chi connectivity index (χ2v) is 5.86. The summed E-state index contributed by atoms with van der Waals surface area (Å²) in [6.45, 7) is 2.44. The summed E-state index contributed by atoms with van der Waals surface area (Å²) in [4.78, 5) is 17.9. The molecule has 0 aliphatic carbocycles. The molecule has 0 atom stereocenters. The van der Waals surface area contributed by atoms with E-state index in [1.165, 1.54) is 6.42 Å². The van der Waals surface area contributed by atoms with E-state index in [1.54, 1.807) is 18.2 Å². The van der Waals surface area contributed by atoms with Crippen molar-refractivity contribution in [3.8, 4) is 0 Å². The Kier molecular flexibility index (Phi) is 2.68. The van der Waals surface area contributed by atoms with Crippen LogP contribution in [-0.2, 0) is 4.74 Å². The molecule has 0 radical (unpaired) electrons. The fourth-order valence-electron chi connectivity index (χ4n) is 3.22. The highest BCUT2D eigenvalue weighted by molar-refractivity contribution is 6.03. The van der Waals surface area contributed by atoms with Crippen LogP contribution in [0.4, 0.5) is 6.01 Å². The van der Waals surface area contributed by atoms with Gasteiger partial charge in [-0.3, -0.25) is 4.79 Å². The molecule has 1 spiro atoms. The number of para-hydroxylation sites is 1. The lowest BCUT2D eigenvalue weighted by atomic mass is 9.86. The number of rotatable bonds is 2. The summed E-state index contributed by atoms with van der Waals surface area (Å²) in [5.74, 6) is -0.490. The van der Waals surface area contributed by atoms with Crippen LogP contribution in [0.15, 0.2) is 22.6 Å². The van der Waals surface area contributed by atoms with Crippen molar-refractivity contribution in [2.24, 2.45) is 5.73 Å². The van der Waals surface area contributed by atoms with E-state index < -0.39 is 5.91 Å². The third kappa shape index (κ3) is 1.98. The molecule has 1 amide bonds. The van der Waals surface area contributed by atoms with Gasteiger partial charge in [-0.25, -0.2) is 0 Å². The first-order valence-corrected chi connectivity index (χ1v) is 7.25. The van der Waals surface area contributed by atoms with Crippen molar-refractivity contribution in [3.63, 3.8) is 0 Å². The van der Waals surface area contributed by atoms with E-state index in [4.69, 9.17) is 14.9 Å². The average Bonchev–Trinajstić information content (AvgIpc) is 2.88. The fourth-order valence-corrected chi connectivity index (χ4v) is 3.22. The Morgan fingerprint density at radius 1 is 1.33 bits per heavy atom. The number of nitrogens with two attached hydrogens (primary N) is 1. The maximum absolute atomic E-state index is 11.4. The predicted octanol–water partition coefficient (Wildman–Crippen LogP) is 1.69. The number of ether oxygens (including phenoxy) is 1. The first kappa shape index (κ1) is 12.6. The zero-order chi connectivity index (χ0) is 14.4. The summed E-state index contributed by atoms with van der Waals surface area (Å²) in [7, 11) is 0. The second-order valence-electron chi connectivity index (χ2n) is 5.86. The maximum Gasteiger partial charge on any atom is 0.298 e. The van der Waals surface area contributed by atoms with Crippen LogP contribution in [0.2, 0.25) is 0 Å². The first-order valence-electron chi connectivity index (χ1n) is 7.25. The van der Waals surface area contributed by atoms with Crippen LogP contribution in [0.3, 0.4) is 0 Å². The van der Waals surface area contributed by atoms with Crippen molar-refractivity contribution in [1.82, 2.24) is 4.98 Å². The van der Waals surface area contributed by atoms with Crippen molar-refractivity contribution in [1.29, 1.82) is 0 Å². The first-order chi connectivity index (χ1) is 10.2. The maximum atomic E-state index is 11.4. The molecule has 2 fully saturated rings. The number of primary amides is 1. The van der Waals surface area contributed by atoms with Gasteiger partial charge in [-0.2, -0.15) is 4.98 Å². The third-order valence-corrected chi connectivity index (χ3v) is 4.34. The van der Waals surface area contributed by atoms with Crippen molar-refractivity contribution in [2.45, 2.75) is 24.9 Å². The molecule has 6 nitrogen and oxygen atoms in total. The van der Waals surface area contributed by atoms with E-state index in [9.17, 15) is 4.79 Å². The lowest BCUT2D eigenvalue weighted by Crippen LogP contribution is -2.64. The largest absolute Gasteiger partial charge is 0.423 e. The van der Waals surface area contributed by atoms with Crippen LogP contribution >= 0.6 is 0 Å². The number of aromatic nitrogens is 1. The highest BCUT2D eigenvalue weighted by Gasteiger charge is 2.46.